The van der Waals surface area contributed by atoms with Gasteiger partial charge in [-0.1, -0.05) is 371 Å². The maximum Gasteiger partial charge on any atom is 0.472 e. The van der Waals surface area contributed by atoms with Gasteiger partial charge in [0, 0.05) is 19.3 Å². The Morgan fingerprint density at radius 2 is 0.453 bits per heavy atom. The Morgan fingerprint density at radius 3 is 0.718 bits per heavy atom. The molecule has 0 aromatic rings. The van der Waals surface area contributed by atoms with Crippen LogP contribution in [0.5, 0.6) is 0 Å². The van der Waals surface area contributed by atoms with E-state index in [0.29, 0.717) is 19.3 Å². The normalized spacial score (nSPS) is 14.6. The van der Waals surface area contributed by atoms with Crippen LogP contribution in [0.1, 0.15) is 380 Å². The van der Waals surface area contributed by atoms with Gasteiger partial charge >= 0.3 is 33.6 Å². The number of phosphoric ester groups is 2. The van der Waals surface area contributed by atoms with E-state index in [9.17, 15) is 43.5 Å². The minimum absolute atomic E-state index is 0.0792. The Bertz CT molecular complexity index is 2810. The fraction of sp³-hybridized carbons (Fsp3) is 0.687. The molecule has 0 spiro atoms. The maximum atomic E-state index is 13.1. The quantitative estimate of drug-likeness (QED) is 0.0146. The fourth-order valence-electron chi connectivity index (χ4n) is 12.4. The summed E-state index contributed by atoms with van der Waals surface area (Å²) in [5, 5.41) is 20.7. The Hall–Kier alpha value is -5.09. The van der Waals surface area contributed by atoms with E-state index in [2.05, 4.69) is 191 Å². The molecule has 5 atom stereocenters. The number of unbranched alkanes of at least 4 members (excludes halogenated alkanes) is 36. The highest BCUT2D eigenvalue weighted by Gasteiger charge is 2.29. The molecule has 0 amide bonds. The van der Waals surface area contributed by atoms with Crippen molar-refractivity contribution in [1.82, 2.24) is 0 Å². The molecule has 0 aliphatic heterocycles. The van der Waals surface area contributed by atoms with E-state index >= 15 is 0 Å². The highest BCUT2D eigenvalue weighted by Crippen LogP contribution is 2.45. The smallest absolute Gasteiger partial charge is 0.463 e. The van der Waals surface area contributed by atoms with Gasteiger partial charge in [-0.3, -0.25) is 32.5 Å². The van der Waals surface area contributed by atoms with Crippen LogP contribution < -0.4 is 0 Å². The van der Waals surface area contributed by atoms with Gasteiger partial charge in [-0.25, -0.2) is 9.13 Å². The Balaban J connectivity index is 4.59. The van der Waals surface area contributed by atoms with Crippen LogP contribution >= 0.6 is 15.6 Å². The number of ether oxygens (including phenoxy) is 3. The summed E-state index contributed by atoms with van der Waals surface area (Å²) in [6, 6.07) is 0. The second-order valence-corrected chi connectivity index (χ2v) is 33.6. The standard InChI is InChI=1S/C99H168O16P2/c1-4-7-10-13-16-19-22-25-28-31-34-37-39-41-43-44-45-46-47-48-50-52-53-56-58-61-64-67-70-73-76-79-82-85-97(102)109-88-94(100)89-111-116(105,106)112-90-95(101)91-113-117(107,108)114-93-96(115-99(104)87-84-81-78-75-72-69-66-63-60-55-36-33-30-27-24-21-18-15-12-9-6-3)92-110-98(103)86-83-80-77-74-71-68-65-62-59-57-54-51-49-42-40-38-35-32-29-26-23-20-17-14-11-8-5-2/h7,10,16-21,25-30,34-38,41-43,45-46,49,55,63,66,94-96,100-101H,4-6,8-9,11-15,22-24,31-33,39-40,44,47-48,50-54,56-62,64-65,67-93H2,1-3H3,(H,105,106)(H,107,108)/b10-7-,19-16-,20-17-,21-18-,28-25-,29-26-,30-27-,37-34-,38-35-,43-41-,46-45-,49-42-,55-36-,66-63-. The summed E-state index contributed by atoms with van der Waals surface area (Å²) >= 11 is 0. The van der Waals surface area contributed by atoms with E-state index < -0.39 is 91.5 Å². The number of allylic oxidation sites excluding steroid dienone is 28. The van der Waals surface area contributed by atoms with Crippen molar-refractivity contribution in [1.29, 1.82) is 0 Å². The van der Waals surface area contributed by atoms with E-state index in [0.717, 1.165) is 173 Å². The zero-order valence-corrected chi connectivity index (χ0v) is 75.6. The van der Waals surface area contributed by atoms with Crippen molar-refractivity contribution in [2.75, 3.05) is 39.6 Å². The lowest BCUT2D eigenvalue weighted by atomic mass is 10.0. The lowest BCUT2D eigenvalue weighted by Crippen LogP contribution is -2.30. The molecule has 0 bridgehead atoms. The molecule has 0 aliphatic rings. The van der Waals surface area contributed by atoms with E-state index in [4.69, 9.17) is 32.3 Å². The van der Waals surface area contributed by atoms with Crippen molar-refractivity contribution < 1.29 is 75.8 Å². The van der Waals surface area contributed by atoms with Gasteiger partial charge in [0.15, 0.2) is 6.10 Å². The number of rotatable bonds is 87. The Kier molecular flexibility index (Phi) is 86.2. The minimum Gasteiger partial charge on any atom is -0.463 e. The largest absolute Gasteiger partial charge is 0.472 e. The Morgan fingerprint density at radius 1 is 0.248 bits per heavy atom. The molecular formula is C99H168O16P2. The number of hydrogen-bond acceptors (Lipinski definition) is 14. The van der Waals surface area contributed by atoms with Gasteiger partial charge < -0.3 is 34.2 Å². The summed E-state index contributed by atoms with van der Waals surface area (Å²) in [5.74, 6) is -1.59. The van der Waals surface area contributed by atoms with Crippen LogP contribution in [-0.2, 0) is 55.8 Å². The number of esters is 3. The summed E-state index contributed by atoms with van der Waals surface area (Å²) in [6.07, 6.45) is 117. The predicted octanol–water partition coefficient (Wildman–Crippen LogP) is 28.7. The summed E-state index contributed by atoms with van der Waals surface area (Å²) in [4.78, 5) is 59.0. The number of hydrogen-bond donors (Lipinski definition) is 4. The van der Waals surface area contributed by atoms with Gasteiger partial charge in [0.1, 0.15) is 25.4 Å². The van der Waals surface area contributed by atoms with Gasteiger partial charge in [-0.2, -0.15) is 0 Å². The summed E-state index contributed by atoms with van der Waals surface area (Å²) in [6.45, 7) is 2.52. The molecule has 0 radical (unpaired) electrons. The van der Waals surface area contributed by atoms with E-state index in [1.54, 1.807) is 0 Å². The molecule has 0 aromatic heterocycles. The van der Waals surface area contributed by atoms with Gasteiger partial charge in [-0.05, 0) is 161 Å². The molecule has 0 fully saturated rings. The van der Waals surface area contributed by atoms with Crippen molar-refractivity contribution in [2.45, 2.75) is 399 Å². The highest BCUT2D eigenvalue weighted by atomic mass is 31.2. The first-order chi connectivity index (χ1) is 57.2. The average Bonchev–Trinajstić information content (AvgIpc) is 0.902. The number of carbonyl (C=O) groups is 3. The Labute approximate surface area is 713 Å². The number of aliphatic hydroxyl groups excluding tert-OH is 2. The van der Waals surface area contributed by atoms with Crippen molar-refractivity contribution in [3.05, 3.63) is 170 Å². The van der Waals surface area contributed by atoms with Gasteiger partial charge in [0.05, 0.1) is 26.4 Å². The fourth-order valence-corrected chi connectivity index (χ4v) is 14.0. The molecule has 16 nitrogen and oxygen atoms in total. The van der Waals surface area contributed by atoms with Crippen LogP contribution in [0, 0.1) is 0 Å². The first-order valence-corrected chi connectivity index (χ1v) is 49.4. The predicted molar refractivity (Wildman–Crippen MR) is 491 cm³/mol. The third-order valence-corrected chi connectivity index (χ3v) is 21.3. The molecule has 0 saturated heterocycles. The summed E-state index contributed by atoms with van der Waals surface area (Å²) < 4.78 is 61.5. The molecule has 670 valence electrons. The molecule has 0 aliphatic carbocycles. The van der Waals surface area contributed by atoms with Crippen molar-refractivity contribution in [2.24, 2.45) is 0 Å². The van der Waals surface area contributed by atoms with Crippen molar-refractivity contribution in [3.8, 4) is 0 Å². The molecular weight excluding hydrogens is 1510 g/mol. The molecule has 117 heavy (non-hydrogen) atoms. The van der Waals surface area contributed by atoms with Crippen LogP contribution in [0.25, 0.3) is 0 Å². The van der Waals surface area contributed by atoms with Gasteiger partial charge in [0.25, 0.3) is 0 Å². The van der Waals surface area contributed by atoms with Crippen LogP contribution in [0.2, 0.25) is 0 Å². The van der Waals surface area contributed by atoms with Crippen molar-refractivity contribution in [3.63, 3.8) is 0 Å². The number of carbonyl (C=O) groups excluding carboxylic acids is 3. The third-order valence-electron chi connectivity index (χ3n) is 19.4. The molecule has 0 heterocycles. The molecule has 0 aromatic carbocycles. The molecule has 0 saturated carbocycles. The monoisotopic (exact) mass is 1680 g/mol. The van der Waals surface area contributed by atoms with E-state index in [-0.39, 0.29) is 19.3 Å². The van der Waals surface area contributed by atoms with Crippen LogP contribution in [0.3, 0.4) is 0 Å². The molecule has 5 unspecified atom stereocenters. The third kappa shape index (κ3) is 91.5. The van der Waals surface area contributed by atoms with Crippen LogP contribution in [0.15, 0.2) is 170 Å². The first kappa shape index (κ1) is 112. The highest BCUT2D eigenvalue weighted by molar-refractivity contribution is 7.47. The summed E-state index contributed by atoms with van der Waals surface area (Å²) in [7, 11) is -9.82. The number of aliphatic hydroxyl groups is 2. The number of phosphoric acid groups is 2. The minimum atomic E-state index is -4.95. The van der Waals surface area contributed by atoms with Crippen LogP contribution in [0.4, 0.5) is 0 Å². The second kappa shape index (κ2) is 90.2. The molecule has 0 rings (SSSR count). The lowest BCUT2D eigenvalue weighted by molar-refractivity contribution is -0.161. The first-order valence-electron chi connectivity index (χ1n) is 46.4. The maximum absolute atomic E-state index is 13.1. The van der Waals surface area contributed by atoms with Crippen molar-refractivity contribution >= 4 is 33.6 Å². The molecule has 18 heteroatoms. The zero-order chi connectivity index (χ0) is 85.1. The lowest BCUT2D eigenvalue weighted by Gasteiger charge is -2.21. The van der Waals surface area contributed by atoms with Crippen LogP contribution in [-0.4, -0.2) is 95.9 Å². The topological polar surface area (TPSA) is 231 Å². The van der Waals surface area contributed by atoms with E-state index in [1.807, 2.05) is 0 Å². The zero-order valence-electron chi connectivity index (χ0n) is 73.8. The SMILES string of the molecule is CC/C=C\C/C=C\C/C=C\C/C=C\C/C=C\C/C=C\CCCCCCCCCCCCCCCCC(=O)OCC(O)COP(=O)(O)OCC(O)COP(=O)(O)OCC(COC(=O)CCCCCCCCCCCCC/C=C\C/C=C\C/C=C\C/C=C\CCCCC)OC(=O)CCCCCCC/C=C\C/C=C\C/C=C\C/C=C\CCCCC. The van der Waals surface area contributed by atoms with Gasteiger partial charge in [-0.15, -0.1) is 0 Å². The molecule has 4 N–H and O–H groups in total. The van der Waals surface area contributed by atoms with E-state index in [1.165, 1.54) is 148 Å². The average molecular weight is 1680 g/mol. The van der Waals surface area contributed by atoms with Gasteiger partial charge in [0.2, 0.25) is 0 Å². The summed E-state index contributed by atoms with van der Waals surface area (Å²) in [5.41, 5.74) is 0. The second-order valence-electron chi connectivity index (χ2n) is 30.7.